The molecule has 0 bridgehead atoms. The van der Waals surface area contributed by atoms with Gasteiger partial charge in [0.05, 0.1) is 19.5 Å². The summed E-state index contributed by atoms with van der Waals surface area (Å²) in [5.74, 6) is 2.20. The van der Waals surface area contributed by atoms with Gasteiger partial charge in [-0.15, -0.1) is 0 Å². The third kappa shape index (κ3) is 5.80. The fourth-order valence-electron chi connectivity index (χ4n) is 2.98. The van der Waals surface area contributed by atoms with Gasteiger partial charge in [-0.2, -0.15) is 0 Å². The summed E-state index contributed by atoms with van der Waals surface area (Å²) in [5, 5.41) is 2.90. The maximum atomic E-state index is 12.5. The van der Waals surface area contributed by atoms with Crippen molar-refractivity contribution in [1.29, 1.82) is 0 Å². The van der Waals surface area contributed by atoms with Crippen LogP contribution in [-0.4, -0.2) is 25.7 Å². The lowest BCUT2D eigenvalue weighted by Crippen LogP contribution is -2.26. The molecule has 1 amide bonds. The van der Waals surface area contributed by atoms with Crippen LogP contribution < -0.4 is 19.5 Å². The van der Waals surface area contributed by atoms with Crippen LogP contribution in [0.15, 0.2) is 65.3 Å². The summed E-state index contributed by atoms with van der Waals surface area (Å²) in [6, 6.07) is 17.0. The zero-order valence-electron chi connectivity index (χ0n) is 17.4. The second-order valence-electron chi connectivity index (χ2n) is 6.53. The quantitative estimate of drug-likeness (QED) is 0.500. The van der Waals surface area contributed by atoms with Crippen molar-refractivity contribution < 1.29 is 23.4 Å². The van der Waals surface area contributed by atoms with Crippen molar-refractivity contribution in [2.24, 2.45) is 0 Å². The molecule has 0 unspecified atom stereocenters. The van der Waals surface area contributed by atoms with Crippen molar-refractivity contribution in [2.75, 3.05) is 19.8 Å². The lowest BCUT2D eigenvalue weighted by Gasteiger charge is -2.12. The average Bonchev–Trinajstić information content (AvgIpc) is 3.24. The smallest absolute Gasteiger partial charge is 0.287 e. The Hall–Kier alpha value is -3.41. The molecular formula is C24H27NO5. The van der Waals surface area contributed by atoms with Crippen molar-refractivity contribution in [1.82, 2.24) is 5.32 Å². The van der Waals surface area contributed by atoms with Gasteiger partial charge in [-0.05, 0) is 56.2 Å². The molecule has 6 heteroatoms. The van der Waals surface area contributed by atoms with Crippen LogP contribution in [0.5, 0.6) is 17.2 Å². The van der Waals surface area contributed by atoms with Gasteiger partial charge in [-0.25, -0.2) is 0 Å². The normalized spacial score (nSPS) is 10.5. The Bertz CT molecular complexity index is 936. The lowest BCUT2D eigenvalue weighted by atomic mass is 10.1. The molecule has 1 heterocycles. The number of amides is 1. The van der Waals surface area contributed by atoms with E-state index in [9.17, 15) is 4.79 Å². The molecule has 158 valence electrons. The average molecular weight is 409 g/mol. The fraction of sp³-hybridized carbons (Fsp3) is 0.292. The molecule has 0 aliphatic rings. The molecule has 1 aromatic heterocycles. The van der Waals surface area contributed by atoms with Crippen molar-refractivity contribution >= 4 is 5.91 Å². The number of para-hydroxylation sites is 1. The minimum absolute atomic E-state index is 0.261. The first-order valence-electron chi connectivity index (χ1n) is 10.1. The Balaban J connectivity index is 1.54. The van der Waals surface area contributed by atoms with E-state index in [2.05, 4.69) is 5.32 Å². The van der Waals surface area contributed by atoms with Crippen LogP contribution in [0.4, 0.5) is 0 Å². The van der Waals surface area contributed by atoms with Crippen molar-refractivity contribution in [3.05, 3.63) is 77.7 Å². The molecule has 0 saturated heterocycles. The van der Waals surface area contributed by atoms with E-state index in [1.165, 1.54) is 6.26 Å². The Morgan fingerprint density at radius 2 is 1.70 bits per heavy atom. The Morgan fingerprint density at radius 3 is 2.47 bits per heavy atom. The zero-order valence-corrected chi connectivity index (χ0v) is 17.4. The van der Waals surface area contributed by atoms with Gasteiger partial charge in [0.25, 0.3) is 5.91 Å². The molecule has 2 aromatic carbocycles. The summed E-state index contributed by atoms with van der Waals surface area (Å²) < 4.78 is 22.3. The van der Waals surface area contributed by atoms with Crippen LogP contribution in [0, 0.1) is 0 Å². The van der Waals surface area contributed by atoms with E-state index in [-0.39, 0.29) is 18.3 Å². The molecule has 0 radical (unpaired) electrons. The number of hydrogen-bond donors (Lipinski definition) is 1. The SMILES string of the molecule is CCOc1ccc(CCNC(=O)c2occc2COc2ccccc2)cc1OCC. The second-order valence-corrected chi connectivity index (χ2v) is 6.53. The van der Waals surface area contributed by atoms with Gasteiger partial charge < -0.3 is 23.9 Å². The number of furan rings is 1. The maximum Gasteiger partial charge on any atom is 0.287 e. The van der Waals surface area contributed by atoms with Crippen LogP contribution >= 0.6 is 0 Å². The van der Waals surface area contributed by atoms with Gasteiger partial charge in [-0.3, -0.25) is 4.79 Å². The predicted octanol–water partition coefficient (Wildman–Crippen LogP) is 4.63. The van der Waals surface area contributed by atoms with E-state index < -0.39 is 0 Å². The molecule has 1 N–H and O–H groups in total. The van der Waals surface area contributed by atoms with E-state index in [1.807, 2.05) is 62.4 Å². The number of nitrogens with one attached hydrogen (secondary N) is 1. The van der Waals surface area contributed by atoms with E-state index in [0.29, 0.717) is 31.7 Å². The summed E-state index contributed by atoms with van der Waals surface area (Å²) in [4.78, 5) is 12.5. The second kappa shape index (κ2) is 11.0. The molecule has 0 fully saturated rings. The zero-order chi connectivity index (χ0) is 21.2. The van der Waals surface area contributed by atoms with Crippen molar-refractivity contribution in [2.45, 2.75) is 26.9 Å². The highest BCUT2D eigenvalue weighted by Gasteiger charge is 2.16. The number of rotatable bonds is 11. The van der Waals surface area contributed by atoms with Crippen LogP contribution in [0.2, 0.25) is 0 Å². The lowest BCUT2D eigenvalue weighted by molar-refractivity contribution is 0.0923. The van der Waals surface area contributed by atoms with E-state index in [1.54, 1.807) is 6.07 Å². The molecule has 0 atom stereocenters. The number of hydrogen-bond acceptors (Lipinski definition) is 5. The molecule has 0 aliphatic carbocycles. The molecule has 30 heavy (non-hydrogen) atoms. The first kappa shape index (κ1) is 21.3. The first-order chi connectivity index (χ1) is 14.7. The highest BCUT2D eigenvalue weighted by Crippen LogP contribution is 2.28. The van der Waals surface area contributed by atoms with Gasteiger partial charge >= 0.3 is 0 Å². The maximum absolute atomic E-state index is 12.5. The molecule has 3 aromatic rings. The molecule has 6 nitrogen and oxygen atoms in total. The summed E-state index contributed by atoms with van der Waals surface area (Å²) in [6.45, 7) is 5.75. The Labute approximate surface area is 176 Å². The predicted molar refractivity (Wildman–Crippen MR) is 114 cm³/mol. The van der Waals surface area contributed by atoms with Crippen molar-refractivity contribution in [3.63, 3.8) is 0 Å². The fourth-order valence-corrected chi connectivity index (χ4v) is 2.98. The van der Waals surface area contributed by atoms with Crippen LogP contribution in [0.25, 0.3) is 0 Å². The van der Waals surface area contributed by atoms with E-state index >= 15 is 0 Å². The number of ether oxygens (including phenoxy) is 3. The van der Waals surface area contributed by atoms with Gasteiger partial charge in [-0.1, -0.05) is 24.3 Å². The largest absolute Gasteiger partial charge is 0.490 e. The standard InChI is InChI=1S/C24H27NO5/c1-3-27-21-11-10-18(16-22(21)28-4-2)12-14-25-24(26)23-19(13-15-29-23)17-30-20-8-6-5-7-9-20/h5-11,13,15-16H,3-4,12,14,17H2,1-2H3,(H,25,26). The number of carbonyl (C=O) groups is 1. The minimum Gasteiger partial charge on any atom is -0.490 e. The first-order valence-corrected chi connectivity index (χ1v) is 10.1. The van der Waals surface area contributed by atoms with Crippen LogP contribution in [0.1, 0.15) is 35.5 Å². The summed E-state index contributed by atoms with van der Waals surface area (Å²) in [7, 11) is 0. The number of carbonyl (C=O) groups excluding carboxylic acids is 1. The highest BCUT2D eigenvalue weighted by molar-refractivity contribution is 5.92. The highest BCUT2D eigenvalue weighted by atomic mass is 16.5. The molecule has 3 rings (SSSR count). The third-order valence-corrected chi connectivity index (χ3v) is 4.40. The molecular weight excluding hydrogens is 382 g/mol. The van der Waals surface area contributed by atoms with Gasteiger partial charge in [0.15, 0.2) is 17.3 Å². The summed E-state index contributed by atoms with van der Waals surface area (Å²) in [6.07, 6.45) is 2.16. The van der Waals surface area contributed by atoms with Crippen LogP contribution in [0.3, 0.4) is 0 Å². The Morgan fingerprint density at radius 1 is 0.933 bits per heavy atom. The monoisotopic (exact) mass is 409 g/mol. The van der Waals surface area contributed by atoms with Gasteiger partial charge in [0, 0.05) is 12.1 Å². The van der Waals surface area contributed by atoms with E-state index in [0.717, 1.165) is 22.8 Å². The van der Waals surface area contributed by atoms with E-state index in [4.69, 9.17) is 18.6 Å². The van der Waals surface area contributed by atoms with Gasteiger partial charge in [0.2, 0.25) is 0 Å². The van der Waals surface area contributed by atoms with Crippen LogP contribution in [-0.2, 0) is 13.0 Å². The topological polar surface area (TPSA) is 69.9 Å². The minimum atomic E-state index is -0.261. The molecule has 0 aliphatic heterocycles. The molecule has 0 spiro atoms. The third-order valence-electron chi connectivity index (χ3n) is 4.40. The number of benzene rings is 2. The Kier molecular flexibility index (Phi) is 7.78. The van der Waals surface area contributed by atoms with Crippen molar-refractivity contribution in [3.8, 4) is 17.2 Å². The molecule has 0 saturated carbocycles. The summed E-state index contributed by atoms with van der Waals surface area (Å²) in [5.41, 5.74) is 1.75. The summed E-state index contributed by atoms with van der Waals surface area (Å²) >= 11 is 0. The van der Waals surface area contributed by atoms with Gasteiger partial charge in [0.1, 0.15) is 12.4 Å².